The van der Waals surface area contributed by atoms with Gasteiger partial charge in [0.2, 0.25) is 0 Å². The first-order valence-electron chi connectivity index (χ1n) is 10.4. The van der Waals surface area contributed by atoms with Crippen molar-refractivity contribution in [2.45, 2.75) is 45.2 Å². The monoisotopic (exact) mass is 392 g/mol. The number of imidazole rings is 1. The van der Waals surface area contributed by atoms with E-state index in [9.17, 15) is 4.79 Å². The van der Waals surface area contributed by atoms with Gasteiger partial charge in [-0.2, -0.15) is 5.26 Å². The van der Waals surface area contributed by atoms with Gasteiger partial charge in [-0.05, 0) is 56.0 Å². The van der Waals surface area contributed by atoms with Crippen molar-refractivity contribution in [2.24, 2.45) is 11.3 Å². The molecule has 0 N–H and O–H groups in total. The molecule has 2 aliphatic rings. The van der Waals surface area contributed by atoms with E-state index in [0.717, 1.165) is 56.9 Å². The largest absolute Gasteiger partial charge is 0.469 e. The van der Waals surface area contributed by atoms with Gasteiger partial charge in [-0.1, -0.05) is 25.0 Å². The zero-order chi connectivity index (χ0) is 20.3. The van der Waals surface area contributed by atoms with Crippen LogP contribution < -0.4 is 0 Å². The highest BCUT2D eigenvalue weighted by atomic mass is 16.5. The van der Waals surface area contributed by atoms with Gasteiger partial charge in [0.15, 0.2) is 0 Å². The third kappa shape index (κ3) is 4.51. The number of nitrogens with zero attached hydrogens (tertiary/aromatic N) is 4. The number of aromatic nitrogens is 2. The summed E-state index contributed by atoms with van der Waals surface area (Å²) in [5.41, 5.74) is 2.71. The molecule has 0 atom stereocenters. The first kappa shape index (κ1) is 19.7. The van der Waals surface area contributed by atoms with Crippen molar-refractivity contribution in [3.63, 3.8) is 0 Å². The van der Waals surface area contributed by atoms with Gasteiger partial charge < -0.3 is 9.30 Å². The van der Waals surface area contributed by atoms with Crippen LogP contribution in [0.4, 0.5) is 0 Å². The fourth-order valence-electron chi connectivity index (χ4n) is 4.45. The van der Waals surface area contributed by atoms with E-state index in [-0.39, 0.29) is 11.4 Å². The van der Waals surface area contributed by atoms with Crippen LogP contribution in [0.5, 0.6) is 0 Å². The lowest BCUT2D eigenvalue weighted by atomic mass is 9.74. The molecule has 29 heavy (non-hydrogen) atoms. The van der Waals surface area contributed by atoms with E-state index in [1.54, 1.807) is 0 Å². The Bertz CT molecular complexity index is 884. The van der Waals surface area contributed by atoms with E-state index in [2.05, 4.69) is 20.5 Å². The molecule has 0 bridgehead atoms. The topological polar surface area (TPSA) is 71.2 Å². The number of piperidine rings is 1. The molecule has 1 saturated heterocycles. The fourth-order valence-corrected chi connectivity index (χ4v) is 4.45. The van der Waals surface area contributed by atoms with Gasteiger partial charge in [0.05, 0.1) is 36.2 Å². The number of likely N-dealkylation sites (tertiary alicyclic amines) is 1. The van der Waals surface area contributed by atoms with Crippen molar-refractivity contribution in [1.29, 1.82) is 5.26 Å². The second-order valence-corrected chi connectivity index (χ2v) is 8.52. The van der Waals surface area contributed by atoms with Crippen LogP contribution in [-0.2, 0) is 22.6 Å². The maximum Gasteiger partial charge on any atom is 0.311 e. The molecular weight excluding hydrogens is 364 g/mol. The molecule has 4 rings (SSSR count). The number of rotatable bonds is 7. The Morgan fingerprint density at radius 2 is 1.97 bits per heavy atom. The summed E-state index contributed by atoms with van der Waals surface area (Å²) in [6.45, 7) is 3.38. The van der Waals surface area contributed by atoms with Crippen LogP contribution in [0.1, 0.15) is 48.9 Å². The summed E-state index contributed by atoms with van der Waals surface area (Å²) in [5, 5.41) is 8.95. The Hall–Kier alpha value is -2.65. The van der Waals surface area contributed by atoms with E-state index in [1.165, 1.54) is 25.6 Å². The number of hydrogen-bond acceptors (Lipinski definition) is 5. The van der Waals surface area contributed by atoms with Crippen molar-refractivity contribution in [3.05, 3.63) is 53.6 Å². The number of nitriles is 1. The molecule has 152 valence electrons. The van der Waals surface area contributed by atoms with Crippen LogP contribution >= 0.6 is 0 Å². The summed E-state index contributed by atoms with van der Waals surface area (Å²) in [5.74, 6) is 0.699. The SMILES string of the molecule is COC(=O)C1(CC2CC2)CCN(Cc2cncn2Cc2ccc(C#N)cc2)CC1. The minimum absolute atomic E-state index is 0.0186. The summed E-state index contributed by atoms with van der Waals surface area (Å²) in [6.07, 6.45) is 9.05. The molecule has 1 aromatic carbocycles. The maximum atomic E-state index is 12.5. The van der Waals surface area contributed by atoms with Crippen LogP contribution in [-0.4, -0.2) is 40.6 Å². The summed E-state index contributed by atoms with van der Waals surface area (Å²) in [6, 6.07) is 9.84. The summed E-state index contributed by atoms with van der Waals surface area (Å²) < 4.78 is 7.33. The van der Waals surface area contributed by atoms with Crippen LogP contribution in [0.2, 0.25) is 0 Å². The van der Waals surface area contributed by atoms with Gasteiger partial charge in [0.1, 0.15) is 0 Å². The average Bonchev–Trinajstić information content (AvgIpc) is 3.47. The predicted molar refractivity (Wildman–Crippen MR) is 109 cm³/mol. The maximum absolute atomic E-state index is 12.5. The van der Waals surface area contributed by atoms with Crippen molar-refractivity contribution in [3.8, 4) is 6.07 Å². The quantitative estimate of drug-likeness (QED) is 0.676. The molecule has 0 amide bonds. The molecule has 1 aromatic heterocycles. The molecule has 6 nitrogen and oxygen atoms in total. The van der Waals surface area contributed by atoms with Crippen LogP contribution in [0.25, 0.3) is 0 Å². The molecule has 2 heterocycles. The highest BCUT2D eigenvalue weighted by molar-refractivity contribution is 5.77. The number of esters is 1. The summed E-state index contributed by atoms with van der Waals surface area (Å²) in [7, 11) is 1.52. The number of carbonyl (C=O) groups excluding carboxylic acids is 1. The van der Waals surface area contributed by atoms with Gasteiger partial charge >= 0.3 is 5.97 Å². The number of ether oxygens (including phenoxy) is 1. The third-order valence-electron chi connectivity index (χ3n) is 6.43. The lowest BCUT2D eigenvalue weighted by Gasteiger charge is -2.40. The Morgan fingerprint density at radius 1 is 1.24 bits per heavy atom. The number of benzene rings is 1. The average molecular weight is 393 g/mol. The van der Waals surface area contributed by atoms with Crippen molar-refractivity contribution in [2.75, 3.05) is 20.2 Å². The lowest BCUT2D eigenvalue weighted by molar-refractivity contribution is -0.157. The summed E-state index contributed by atoms with van der Waals surface area (Å²) in [4.78, 5) is 19.3. The van der Waals surface area contributed by atoms with Gasteiger partial charge in [-0.25, -0.2) is 4.98 Å². The lowest BCUT2D eigenvalue weighted by Crippen LogP contribution is -2.45. The van der Waals surface area contributed by atoms with Crippen LogP contribution in [0, 0.1) is 22.7 Å². The Labute approximate surface area is 172 Å². The van der Waals surface area contributed by atoms with Crippen molar-refractivity contribution >= 4 is 5.97 Å². The van der Waals surface area contributed by atoms with Gasteiger partial charge in [-0.15, -0.1) is 0 Å². The van der Waals surface area contributed by atoms with Crippen molar-refractivity contribution in [1.82, 2.24) is 14.5 Å². The van der Waals surface area contributed by atoms with E-state index < -0.39 is 0 Å². The Kier molecular flexibility index (Phi) is 5.68. The molecule has 0 spiro atoms. The van der Waals surface area contributed by atoms with E-state index in [4.69, 9.17) is 10.00 Å². The number of methoxy groups -OCH3 is 1. The second kappa shape index (κ2) is 8.38. The predicted octanol–water partition coefficient (Wildman–Crippen LogP) is 3.36. The molecule has 1 aliphatic heterocycles. The summed E-state index contributed by atoms with van der Waals surface area (Å²) >= 11 is 0. The van der Waals surface area contributed by atoms with Crippen molar-refractivity contribution < 1.29 is 9.53 Å². The van der Waals surface area contributed by atoms with E-state index >= 15 is 0 Å². The third-order valence-corrected chi connectivity index (χ3v) is 6.43. The van der Waals surface area contributed by atoms with Gasteiger partial charge in [0, 0.05) is 19.3 Å². The number of hydrogen-bond donors (Lipinski definition) is 0. The first-order chi connectivity index (χ1) is 14.1. The van der Waals surface area contributed by atoms with Gasteiger partial charge in [-0.3, -0.25) is 9.69 Å². The Balaban J connectivity index is 1.37. The minimum Gasteiger partial charge on any atom is -0.469 e. The van der Waals surface area contributed by atoms with Crippen LogP contribution in [0.15, 0.2) is 36.8 Å². The molecule has 2 fully saturated rings. The van der Waals surface area contributed by atoms with E-state index in [1.807, 2.05) is 36.8 Å². The standard InChI is InChI=1S/C23H28N4O2/c1-29-22(28)23(12-18-2-3-18)8-10-26(11-9-23)16-21-14-25-17-27(21)15-20-6-4-19(13-24)5-7-20/h4-7,14,17-18H,2-3,8-12,15-16H2,1H3. The molecule has 6 heteroatoms. The van der Waals surface area contributed by atoms with Crippen LogP contribution in [0.3, 0.4) is 0 Å². The number of carbonyl (C=O) groups is 1. The molecule has 1 aliphatic carbocycles. The smallest absolute Gasteiger partial charge is 0.311 e. The zero-order valence-electron chi connectivity index (χ0n) is 17.0. The molecule has 0 radical (unpaired) electrons. The van der Waals surface area contributed by atoms with E-state index in [0.29, 0.717) is 5.56 Å². The fraction of sp³-hybridized carbons (Fsp3) is 0.522. The normalized spacial score (nSPS) is 18.9. The molecule has 1 saturated carbocycles. The highest BCUT2D eigenvalue weighted by Gasteiger charge is 2.45. The molecule has 0 unspecified atom stereocenters. The molecular formula is C23H28N4O2. The molecule has 2 aromatic rings. The zero-order valence-corrected chi connectivity index (χ0v) is 17.0. The minimum atomic E-state index is -0.283. The Morgan fingerprint density at radius 3 is 2.59 bits per heavy atom. The highest BCUT2D eigenvalue weighted by Crippen LogP contribution is 2.46. The second-order valence-electron chi connectivity index (χ2n) is 8.52. The van der Waals surface area contributed by atoms with Gasteiger partial charge in [0.25, 0.3) is 0 Å². The first-order valence-corrected chi connectivity index (χ1v) is 10.4.